The first-order valence-corrected chi connectivity index (χ1v) is 13.4. The Morgan fingerprint density at radius 2 is 1.44 bits per heavy atom. The van der Waals surface area contributed by atoms with E-state index in [2.05, 4.69) is 106 Å². The molecule has 36 heavy (non-hydrogen) atoms. The van der Waals surface area contributed by atoms with E-state index >= 15 is 0 Å². The van der Waals surface area contributed by atoms with Crippen molar-refractivity contribution in [2.45, 2.75) is 32.2 Å². The number of piperazine rings is 1. The summed E-state index contributed by atoms with van der Waals surface area (Å²) in [7, 11) is 0. The fourth-order valence-electron chi connectivity index (χ4n) is 6.29. The zero-order valence-electron chi connectivity index (χ0n) is 21.1. The van der Waals surface area contributed by atoms with E-state index in [1.807, 2.05) is 0 Å². The Morgan fingerprint density at radius 3 is 2.11 bits per heavy atom. The van der Waals surface area contributed by atoms with Gasteiger partial charge in [0.15, 0.2) is 0 Å². The molecule has 0 spiro atoms. The Bertz CT molecular complexity index is 1300. The number of para-hydroxylation sites is 1. The SMILES string of the molecule is CC1CCc2c(c3ccccc3n2C(=O)CN2CCN(C(c3ccccc3)c3ccccc3)CC2)C1. The standard InChI is InChI=1S/C32H35N3O/c1-24-16-17-30-28(22-24)27-14-8-9-15-29(27)35(30)31(36)23-33-18-20-34(21-19-33)32(25-10-4-2-5-11-25)26-12-6-3-7-13-26/h2-15,24,32H,16-23H2,1H3. The van der Waals surface area contributed by atoms with Crippen LogP contribution in [0.4, 0.5) is 0 Å². The molecule has 1 aromatic heterocycles. The lowest BCUT2D eigenvalue weighted by atomic mass is 9.88. The van der Waals surface area contributed by atoms with Gasteiger partial charge in [0.25, 0.3) is 0 Å². The van der Waals surface area contributed by atoms with E-state index in [0.717, 1.165) is 51.0 Å². The molecule has 4 heteroatoms. The smallest absolute Gasteiger partial charge is 0.245 e. The zero-order valence-corrected chi connectivity index (χ0v) is 21.1. The molecule has 0 N–H and O–H groups in total. The molecule has 1 aliphatic heterocycles. The molecule has 3 aromatic carbocycles. The molecule has 1 unspecified atom stereocenters. The average molecular weight is 478 g/mol. The van der Waals surface area contributed by atoms with E-state index in [9.17, 15) is 4.79 Å². The molecule has 4 aromatic rings. The van der Waals surface area contributed by atoms with Gasteiger partial charge in [0.1, 0.15) is 0 Å². The Kier molecular flexibility index (Phi) is 6.47. The molecule has 0 amide bonds. The van der Waals surface area contributed by atoms with Crippen molar-refractivity contribution >= 4 is 16.8 Å². The molecule has 1 aliphatic carbocycles. The Balaban J connectivity index is 1.19. The quantitative estimate of drug-likeness (QED) is 0.363. The van der Waals surface area contributed by atoms with Crippen LogP contribution in [0, 0.1) is 5.92 Å². The Morgan fingerprint density at radius 1 is 0.833 bits per heavy atom. The van der Waals surface area contributed by atoms with Crippen molar-refractivity contribution in [2.24, 2.45) is 5.92 Å². The number of carbonyl (C=O) groups excluding carboxylic acids is 1. The van der Waals surface area contributed by atoms with Crippen LogP contribution < -0.4 is 0 Å². The summed E-state index contributed by atoms with van der Waals surface area (Å²) in [6, 6.07) is 30.3. The minimum absolute atomic E-state index is 0.220. The topological polar surface area (TPSA) is 28.5 Å². The number of benzene rings is 3. The summed E-state index contributed by atoms with van der Waals surface area (Å²) in [5.41, 5.74) is 6.40. The number of carbonyl (C=O) groups is 1. The van der Waals surface area contributed by atoms with Gasteiger partial charge < -0.3 is 0 Å². The minimum Gasteiger partial charge on any atom is -0.292 e. The third-order valence-corrected chi connectivity index (χ3v) is 8.13. The van der Waals surface area contributed by atoms with Gasteiger partial charge in [-0.05, 0) is 47.9 Å². The fraction of sp³-hybridized carbons (Fsp3) is 0.344. The van der Waals surface area contributed by atoms with Crippen LogP contribution in [-0.2, 0) is 12.8 Å². The van der Waals surface area contributed by atoms with Crippen molar-refractivity contribution in [2.75, 3.05) is 32.7 Å². The van der Waals surface area contributed by atoms with E-state index in [4.69, 9.17) is 0 Å². The second-order valence-electron chi connectivity index (χ2n) is 10.6. The molecule has 6 rings (SSSR count). The van der Waals surface area contributed by atoms with E-state index in [1.54, 1.807) is 0 Å². The summed E-state index contributed by atoms with van der Waals surface area (Å²) >= 11 is 0. The maximum Gasteiger partial charge on any atom is 0.245 e. The minimum atomic E-state index is 0.220. The van der Waals surface area contributed by atoms with Crippen molar-refractivity contribution in [3.63, 3.8) is 0 Å². The molecule has 0 radical (unpaired) electrons. The summed E-state index contributed by atoms with van der Waals surface area (Å²) < 4.78 is 2.06. The van der Waals surface area contributed by atoms with Gasteiger partial charge in [-0.3, -0.25) is 19.2 Å². The highest BCUT2D eigenvalue weighted by atomic mass is 16.2. The predicted molar refractivity (Wildman–Crippen MR) is 146 cm³/mol. The normalized spacial score (nSPS) is 19.0. The monoisotopic (exact) mass is 477 g/mol. The van der Waals surface area contributed by atoms with Gasteiger partial charge in [-0.25, -0.2) is 0 Å². The van der Waals surface area contributed by atoms with E-state index < -0.39 is 0 Å². The first-order valence-electron chi connectivity index (χ1n) is 13.4. The third-order valence-electron chi connectivity index (χ3n) is 8.13. The van der Waals surface area contributed by atoms with Crippen molar-refractivity contribution in [1.82, 2.24) is 14.4 Å². The largest absolute Gasteiger partial charge is 0.292 e. The van der Waals surface area contributed by atoms with Gasteiger partial charge in [-0.1, -0.05) is 85.8 Å². The number of hydrogen-bond acceptors (Lipinski definition) is 3. The van der Waals surface area contributed by atoms with E-state index in [1.165, 1.54) is 27.8 Å². The highest BCUT2D eigenvalue weighted by Crippen LogP contribution is 2.34. The number of hydrogen-bond donors (Lipinski definition) is 0. The van der Waals surface area contributed by atoms with Crippen LogP contribution in [0.2, 0.25) is 0 Å². The van der Waals surface area contributed by atoms with Crippen LogP contribution in [0.1, 0.15) is 46.6 Å². The lowest BCUT2D eigenvalue weighted by Crippen LogP contribution is -2.49. The van der Waals surface area contributed by atoms with Crippen molar-refractivity contribution in [1.29, 1.82) is 0 Å². The molecule has 2 aliphatic rings. The predicted octanol–water partition coefficient (Wildman–Crippen LogP) is 5.81. The highest BCUT2D eigenvalue weighted by molar-refractivity contribution is 5.97. The van der Waals surface area contributed by atoms with Crippen molar-refractivity contribution in [3.8, 4) is 0 Å². The van der Waals surface area contributed by atoms with Gasteiger partial charge in [0.2, 0.25) is 5.91 Å². The van der Waals surface area contributed by atoms with Crippen molar-refractivity contribution < 1.29 is 4.79 Å². The fourth-order valence-corrected chi connectivity index (χ4v) is 6.29. The Labute approximate surface area is 214 Å². The van der Waals surface area contributed by atoms with E-state index in [-0.39, 0.29) is 11.9 Å². The van der Waals surface area contributed by atoms with Crippen LogP contribution >= 0.6 is 0 Å². The molecule has 184 valence electrons. The van der Waals surface area contributed by atoms with Gasteiger partial charge in [0, 0.05) is 37.3 Å². The average Bonchev–Trinajstić information content (AvgIpc) is 3.25. The summed E-state index contributed by atoms with van der Waals surface area (Å²) in [5.74, 6) is 0.903. The molecular weight excluding hydrogens is 442 g/mol. The molecule has 0 saturated carbocycles. The molecule has 1 saturated heterocycles. The number of aromatic nitrogens is 1. The molecule has 1 fully saturated rings. The van der Waals surface area contributed by atoms with Gasteiger partial charge >= 0.3 is 0 Å². The number of nitrogens with zero attached hydrogens (tertiary/aromatic N) is 3. The van der Waals surface area contributed by atoms with Crippen molar-refractivity contribution in [3.05, 3.63) is 107 Å². The van der Waals surface area contributed by atoms with Crippen LogP contribution in [0.5, 0.6) is 0 Å². The Hall–Kier alpha value is -3.21. The van der Waals surface area contributed by atoms with Crippen LogP contribution in [-0.4, -0.2) is 53.0 Å². The van der Waals surface area contributed by atoms with Crippen LogP contribution in [0.15, 0.2) is 84.9 Å². The van der Waals surface area contributed by atoms with Gasteiger partial charge in [-0.2, -0.15) is 0 Å². The first kappa shape index (κ1) is 23.2. The van der Waals surface area contributed by atoms with Crippen LogP contribution in [0.3, 0.4) is 0 Å². The first-order chi connectivity index (χ1) is 17.7. The second-order valence-corrected chi connectivity index (χ2v) is 10.6. The molecule has 2 heterocycles. The third kappa shape index (κ3) is 4.40. The summed E-state index contributed by atoms with van der Waals surface area (Å²) in [4.78, 5) is 18.6. The molecular formula is C32H35N3O. The highest BCUT2D eigenvalue weighted by Gasteiger charge is 2.29. The molecule has 0 bridgehead atoms. The number of fused-ring (bicyclic) bond motifs is 3. The summed E-state index contributed by atoms with van der Waals surface area (Å²) in [6.07, 6.45) is 3.24. The number of rotatable bonds is 5. The van der Waals surface area contributed by atoms with E-state index in [0.29, 0.717) is 12.5 Å². The lowest BCUT2D eigenvalue weighted by molar-refractivity contribution is 0.0739. The molecule has 4 nitrogen and oxygen atoms in total. The summed E-state index contributed by atoms with van der Waals surface area (Å²) in [5, 5.41) is 1.27. The molecule has 1 atom stereocenters. The zero-order chi connectivity index (χ0) is 24.5. The maximum atomic E-state index is 13.7. The lowest BCUT2D eigenvalue weighted by Gasteiger charge is -2.39. The van der Waals surface area contributed by atoms with Gasteiger partial charge in [-0.15, -0.1) is 0 Å². The van der Waals surface area contributed by atoms with Gasteiger partial charge in [0.05, 0.1) is 18.1 Å². The maximum absolute atomic E-state index is 13.7. The second kappa shape index (κ2) is 10.0. The van der Waals surface area contributed by atoms with Crippen LogP contribution in [0.25, 0.3) is 10.9 Å². The summed E-state index contributed by atoms with van der Waals surface area (Å²) in [6.45, 7) is 6.51.